The summed E-state index contributed by atoms with van der Waals surface area (Å²) in [6, 6.07) is 5.29. The Morgan fingerprint density at radius 2 is 2.00 bits per heavy atom. The molecule has 21 heavy (non-hydrogen) atoms. The molecule has 0 saturated heterocycles. The van der Waals surface area contributed by atoms with Crippen molar-refractivity contribution in [3.8, 4) is 11.5 Å². The number of aliphatic hydroxyl groups is 1. The SMILES string of the molecule is COc1ccc(O)c(C(C)NCC2(CO)CCCCC2)c1. The number of benzene rings is 1. The number of nitrogens with one attached hydrogen (secondary N) is 1. The van der Waals surface area contributed by atoms with E-state index in [9.17, 15) is 10.2 Å². The monoisotopic (exact) mass is 293 g/mol. The highest BCUT2D eigenvalue weighted by molar-refractivity contribution is 5.41. The summed E-state index contributed by atoms with van der Waals surface area (Å²) in [4.78, 5) is 0. The van der Waals surface area contributed by atoms with Gasteiger partial charge in [0.05, 0.1) is 7.11 Å². The highest BCUT2D eigenvalue weighted by Crippen LogP contribution is 2.36. The van der Waals surface area contributed by atoms with Crippen molar-refractivity contribution in [2.24, 2.45) is 5.41 Å². The van der Waals surface area contributed by atoms with Crippen LogP contribution in [0.25, 0.3) is 0 Å². The second-order valence-electron chi connectivity index (χ2n) is 6.25. The van der Waals surface area contributed by atoms with Gasteiger partial charge in [0.2, 0.25) is 0 Å². The number of phenolic OH excluding ortho intramolecular Hbond substituents is 1. The molecule has 1 aromatic rings. The van der Waals surface area contributed by atoms with Gasteiger partial charge in [-0.25, -0.2) is 0 Å². The third kappa shape index (κ3) is 3.89. The van der Waals surface area contributed by atoms with Crippen LogP contribution in [0.15, 0.2) is 18.2 Å². The molecule has 4 heteroatoms. The molecular formula is C17H27NO3. The van der Waals surface area contributed by atoms with E-state index in [1.807, 2.05) is 13.0 Å². The van der Waals surface area contributed by atoms with Crippen LogP contribution in [0.2, 0.25) is 0 Å². The number of rotatable bonds is 6. The molecule has 0 heterocycles. The third-order valence-electron chi connectivity index (χ3n) is 4.73. The first kappa shape index (κ1) is 16.1. The van der Waals surface area contributed by atoms with Crippen molar-refractivity contribution in [3.05, 3.63) is 23.8 Å². The first-order chi connectivity index (χ1) is 10.1. The van der Waals surface area contributed by atoms with E-state index < -0.39 is 0 Å². The maximum atomic E-state index is 10.0. The van der Waals surface area contributed by atoms with Gasteiger partial charge in [-0.3, -0.25) is 0 Å². The smallest absolute Gasteiger partial charge is 0.120 e. The van der Waals surface area contributed by atoms with Crippen LogP contribution in [0.3, 0.4) is 0 Å². The summed E-state index contributed by atoms with van der Waals surface area (Å²) in [5.74, 6) is 1.02. The largest absolute Gasteiger partial charge is 0.508 e. The molecule has 4 nitrogen and oxygen atoms in total. The lowest BCUT2D eigenvalue weighted by Gasteiger charge is -2.36. The minimum atomic E-state index is 0.000988. The van der Waals surface area contributed by atoms with Gasteiger partial charge in [0, 0.05) is 30.2 Å². The maximum Gasteiger partial charge on any atom is 0.120 e. The molecule has 2 rings (SSSR count). The van der Waals surface area contributed by atoms with Crippen molar-refractivity contribution < 1.29 is 14.9 Å². The number of hydrogen-bond acceptors (Lipinski definition) is 4. The van der Waals surface area contributed by atoms with E-state index in [1.54, 1.807) is 19.2 Å². The minimum absolute atomic E-state index is 0.000988. The van der Waals surface area contributed by atoms with Crippen LogP contribution in [0.5, 0.6) is 11.5 Å². The average molecular weight is 293 g/mol. The van der Waals surface area contributed by atoms with Gasteiger partial charge < -0.3 is 20.3 Å². The van der Waals surface area contributed by atoms with Crippen molar-refractivity contribution in [2.45, 2.75) is 45.1 Å². The zero-order valence-corrected chi connectivity index (χ0v) is 13.1. The van der Waals surface area contributed by atoms with Crippen LogP contribution >= 0.6 is 0 Å². The molecule has 0 bridgehead atoms. The van der Waals surface area contributed by atoms with Gasteiger partial charge in [-0.05, 0) is 38.0 Å². The fourth-order valence-electron chi connectivity index (χ4n) is 3.18. The van der Waals surface area contributed by atoms with E-state index in [2.05, 4.69) is 5.32 Å². The molecule has 1 unspecified atom stereocenters. The predicted molar refractivity (Wildman–Crippen MR) is 83.7 cm³/mol. The molecule has 0 aliphatic heterocycles. The van der Waals surface area contributed by atoms with Crippen LogP contribution in [0.1, 0.15) is 50.6 Å². The van der Waals surface area contributed by atoms with Gasteiger partial charge in [0.1, 0.15) is 11.5 Å². The van der Waals surface area contributed by atoms with Crippen molar-refractivity contribution in [2.75, 3.05) is 20.3 Å². The first-order valence-corrected chi connectivity index (χ1v) is 7.81. The van der Waals surface area contributed by atoms with E-state index in [0.29, 0.717) is 0 Å². The molecule has 1 atom stereocenters. The second-order valence-corrected chi connectivity index (χ2v) is 6.25. The normalized spacial score (nSPS) is 19.2. The number of ether oxygens (including phenoxy) is 1. The predicted octanol–water partition coefficient (Wildman–Crippen LogP) is 2.99. The van der Waals surface area contributed by atoms with Crippen molar-refractivity contribution in [3.63, 3.8) is 0 Å². The van der Waals surface area contributed by atoms with Gasteiger partial charge in [-0.2, -0.15) is 0 Å². The van der Waals surface area contributed by atoms with Gasteiger partial charge in [0.25, 0.3) is 0 Å². The first-order valence-electron chi connectivity index (χ1n) is 7.81. The van der Waals surface area contributed by atoms with Crippen LogP contribution in [-0.2, 0) is 0 Å². The van der Waals surface area contributed by atoms with Gasteiger partial charge in [0.15, 0.2) is 0 Å². The molecule has 0 radical (unpaired) electrons. The van der Waals surface area contributed by atoms with Crippen molar-refractivity contribution >= 4 is 0 Å². The molecule has 1 aliphatic carbocycles. The molecule has 118 valence electrons. The summed E-state index contributed by atoms with van der Waals surface area (Å²) in [7, 11) is 1.62. The summed E-state index contributed by atoms with van der Waals surface area (Å²) >= 11 is 0. The molecule has 0 aromatic heterocycles. The Bertz CT molecular complexity index is 455. The Labute approximate surface area is 127 Å². The minimum Gasteiger partial charge on any atom is -0.508 e. The molecule has 1 aliphatic rings. The molecule has 3 N–H and O–H groups in total. The highest BCUT2D eigenvalue weighted by Gasteiger charge is 2.31. The fraction of sp³-hybridized carbons (Fsp3) is 0.647. The average Bonchev–Trinajstić information content (AvgIpc) is 2.54. The molecule has 1 aromatic carbocycles. The lowest BCUT2D eigenvalue weighted by atomic mass is 9.74. The summed E-state index contributed by atoms with van der Waals surface area (Å²) < 4.78 is 5.22. The van der Waals surface area contributed by atoms with Crippen molar-refractivity contribution in [1.29, 1.82) is 0 Å². The lowest BCUT2D eigenvalue weighted by molar-refractivity contribution is 0.0788. The molecule has 1 saturated carbocycles. The Hall–Kier alpha value is -1.26. The molecule has 0 amide bonds. The maximum absolute atomic E-state index is 10.0. The van der Waals surface area contributed by atoms with E-state index in [-0.39, 0.29) is 23.8 Å². The zero-order valence-electron chi connectivity index (χ0n) is 13.1. The van der Waals surface area contributed by atoms with E-state index in [0.717, 1.165) is 30.7 Å². The standard InChI is InChI=1S/C17H27NO3/c1-13(15-10-14(21-2)6-7-16(15)20)18-11-17(12-19)8-4-3-5-9-17/h6-7,10,13,18-20H,3-5,8-9,11-12H2,1-2H3. The summed E-state index contributed by atoms with van der Waals surface area (Å²) in [6.45, 7) is 3.04. The quantitative estimate of drug-likeness (QED) is 0.754. The number of aliphatic hydroxyl groups excluding tert-OH is 1. The van der Waals surface area contributed by atoms with Crippen molar-refractivity contribution in [1.82, 2.24) is 5.32 Å². The number of methoxy groups -OCH3 is 1. The Morgan fingerprint density at radius 1 is 1.29 bits per heavy atom. The van der Waals surface area contributed by atoms with E-state index in [1.165, 1.54) is 19.3 Å². The second kappa shape index (κ2) is 7.14. The zero-order chi connectivity index (χ0) is 15.3. The highest BCUT2D eigenvalue weighted by atomic mass is 16.5. The Kier molecular flexibility index (Phi) is 5.48. The molecule has 0 spiro atoms. The number of aromatic hydroxyl groups is 1. The van der Waals surface area contributed by atoms with Crippen LogP contribution in [-0.4, -0.2) is 30.5 Å². The van der Waals surface area contributed by atoms with Gasteiger partial charge >= 0.3 is 0 Å². The topological polar surface area (TPSA) is 61.7 Å². The van der Waals surface area contributed by atoms with Crippen LogP contribution < -0.4 is 10.1 Å². The van der Waals surface area contributed by atoms with Gasteiger partial charge in [-0.15, -0.1) is 0 Å². The van der Waals surface area contributed by atoms with Crippen LogP contribution in [0.4, 0.5) is 0 Å². The Balaban J connectivity index is 2.02. The number of phenols is 1. The Morgan fingerprint density at radius 3 is 2.62 bits per heavy atom. The summed E-state index contributed by atoms with van der Waals surface area (Å²) in [6.07, 6.45) is 5.82. The van der Waals surface area contributed by atoms with Gasteiger partial charge in [-0.1, -0.05) is 19.3 Å². The molecular weight excluding hydrogens is 266 g/mol. The lowest BCUT2D eigenvalue weighted by Crippen LogP contribution is -2.40. The molecule has 1 fully saturated rings. The fourth-order valence-corrected chi connectivity index (χ4v) is 3.18. The third-order valence-corrected chi connectivity index (χ3v) is 4.73. The number of hydrogen-bond donors (Lipinski definition) is 3. The summed E-state index contributed by atoms with van der Waals surface area (Å²) in [5.41, 5.74) is 0.833. The summed E-state index contributed by atoms with van der Waals surface area (Å²) in [5, 5.41) is 23.2. The van der Waals surface area contributed by atoms with E-state index >= 15 is 0 Å². The van der Waals surface area contributed by atoms with E-state index in [4.69, 9.17) is 4.74 Å². The van der Waals surface area contributed by atoms with Crippen LogP contribution in [0, 0.1) is 5.41 Å².